The fourth-order valence-electron chi connectivity index (χ4n) is 1.56. The molecule has 0 unspecified atom stereocenters. The zero-order chi connectivity index (χ0) is 15.8. The van der Waals surface area contributed by atoms with Crippen molar-refractivity contribution in [1.29, 1.82) is 0 Å². The van der Waals surface area contributed by atoms with Gasteiger partial charge in [0.2, 0.25) is 0 Å². The van der Waals surface area contributed by atoms with Gasteiger partial charge in [0.1, 0.15) is 5.69 Å². The van der Waals surface area contributed by atoms with Gasteiger partial charge < -0.3 is 14.6 Å². The standard InChI is InChI=1S/C14H21N3O4/c1-10(2)6-7-15-14(20)16-12(18)9-21-13(19)11-5-4-8-17(11)3/h4-5,8,10H,6-7,9H2,1-3H3,(H2,15,16,18,20). The molecule has 21 heavy (non-hydrogen) atoms. The van der Waals surface area contributed by atoms with Crippen molar-refractivity contribution in [2.45, 2.75) is 20.3 Å². The summed E-state index contributed by atoms with van der Waals surface area (Å²) >= 11 is 0. The first kappa shape index (κ1) is 16.7. The molecule has 1 rings (SSSR count). The third-order valence-electron chi connectivity index (χ3n) is 2.75. The Morgan fingerprint density at radius 3 is 2.62 bits per heavy atom. The van der Waals surface area contributed by atoms with E-state index in [1.54, 1.807) is 29.9 Å². The van der Waals surface area contributed by atoms with Gasteiger partial charge in [0.05, 0.1) is 0 Å². The number of aromatic nitrogens is 1. The highest BCUT2D eigenvalue weighted by atomic mass is 16.5. The molecule has 3 amide bonds. The van der Waals surface area contributed by atoms with Gasteiger partial charge in [-0.25, -0.2) is 9.59 Å². The Kier molecular flexibility index (Phi) is 6.45. The van der Waals surface area contributed by atoms with Gasteiger partial charge in [-0.15, -0.1) is 0 Å². The molecule has 0 aliphatic rings. The number of imide groups is 1. The molecule has 0 aliphatic carbocycles. The number of amides is 3. The van der Waals surface area contributed by atoms with E-state index in [2.05, 4.69) is 10.6 Å². The average molecular weight is 295 g/mol. The summed E-state index contributed by atoms with van der Waals surface area (Å²) in [6.07, 6.45) is 2.52. The molecule has 0 atom stereocenters. The highest BCUT2D eigenvalue weighted by molar-refractivity contribution is 5.96. The second kappa shape index (κ2) is 8.08. The van der Waals surface area contributed by atoms with E-state index in [1.807, 2.05) is 13.8 Å². The quantitative estimate of drug-likeness (QED) is 0.768. The second-order valence-corrected chi connectivity index (χ2v) is 5.07. The highest BCUT2D eigenvalue weighted by Crippen LogP contribution is 2.01. The molecular weight excluding hydrogens is 274 g/mol. The maximum absolute atomic E-state index is 11.6. The number of ether oxygens (including phenoxy) is 1. The molecule has 0 radical (unpaired) electrons. The van der Waals surface area contributed by atoms with Gasteiger partial charge in [-0.1, -0.05) is 13.8 Å². The van der Waals surface area contributed by atoms with Crippen LogP contribution in [0.2, 0.25) is 0 Å². The van der Waals surface area contributed by atoms with Crippen molar-refractivity contribution in [3.63, 3.8) is 0 Å². The lowest BCUT2D eigenvalue weighted by Gasteiger charge is -2.08. The molecule has 2 N–H and O–H groups in total. The van der Waals surface area contributed by atoms with E-state index in [1.165, 1.54) is 0 Å². The SMILES string of the molecule is CC(C)CCNC(=O)NC(=O)COC(=O)c1cccn1C. The van der Waals surface area contributed by atoms with Crippen LogP contribution >= 0.6 is 0 Å². The number of aryl methyl sites for hydroxylation is 1. The smallest absolute Gasteiger partial charge is 0.355 e. The molecular formula is C14H21N3O4. The Hall–Kier alpha value is -2.31. The van der Waals surface area contributed by atoms with E-state index >= 15 is 0 Å². The van der Waals surface area contributed by atoms with E-state index < -0.39 is 24.5 Å². The molecule has 0 fully saturated rings. The van der Waals surface area contributed by atoms with Crippen molar-refractivity contribution in [2.24, 2.45) is 13.0 Å². The van der Waals surface area contributed by atoms with Gasteiger partial charge in [-0.3, -0.25) is 10.1 Å². The third-order valence-corrected chi connectivity index (χ3v) is 2.75. The van der Waals surface area contributed by atoms with Gasteiger partial charge >= 0.3 is 12.0 Å². The predicted octanol–water partition coefficient (Wildman–Crippen LogP) is 1.05. The number of carbonyl (C=O) groups excluding carboxylic acids is 3. The summed E-state index contributed by atoms with van der Waals surface area (Å²) in [5.41, 5.74) is 0.337. The lowest BCUT2D eigenvalue weighted by Crippen LogP contribution is -2.42. The fourth-order valence-corrected chi connectivity index (χ4v) is 1.56. The van der Waals surface area contributed by atoms with E-state index in [-0.39, 0.29) is 0 Å². The zero-order valence-electron chi connectivity index (χ0n) is 12.5. The molecule has 0 bridgehead atoms. The van der Waals surface area contributed by atoms with Crippen molar-refractivity contribution < 1.29 is 19.1 Å². The number of rotatable bonds is 6. The summed E-state index contributed by atoms with van der Waals surface area (Å²) in [6, 6.07) is 2.69. The minimum absolute atomic E-state index is 0.337. The summed E-state index contributed by atoms with van der Waals surface area (Å²) in [7, 11) is 1.69. The summed E-state index contributed by atoms with van der Waals surface area (Å²) in [4.78, 5) is 34.5. The molecule has 0 aromatic carbocycles. The first-order chi connectivity index (χ1) is 9.90. The number of carbonyl (C=O) groups is 3. The van der Waals surface area contributed by atoms with Crippen molar-refractivity contribution in [1.82, 2.24) is 15.2 Å². The lowest BCUT2D eigenvalue weighted by molar-refractivity contribution is -0.123. The van der Waals surface area contributed by atoms with Crippen LogP contribution in [0.1, 0.15) is 30.8 Å². The Morgan fingerprint density at radius 1 is 1.33 bits per heavy atom. The molecule has 1 aromatic rings. The van der Waals surface area contributed by atoms with Crippen LogP contribution in [-0.4, -0.2) is 35.6 Å². The van der Waals surface area contributed by atoms with Crippen molar-refractivity contribution in [2.75, 3.05) is 13.2 Å². The molecule has 1 heterocycles. The predicted molar refractivity (Wildman–Crippen MR) is 76.7 cm³/mol. The van der Waals surface area contributed by atoms with Crippen molar-refractivity contribution in [3.05, 3.63) is 24.0 Å². The lowest BCUT2D eigenvalue weighted by atomic mass is 10.1. The van der Waals surface area contributed by atoms with Crippen LogP contribution in [-0.2, 0) is 16.6 Å². The minimum atomic E-state index is -0.667. The minimum Gasteiger partial charge on any atom is -0.451 e. The summed E-state index contributed by atoms with van der Waals surface area (Å²) in [5, 5.41) is 4.65. The third kappa shape index (κ3) is 6.11. The summed E-state index contributed by atoms with van der Waals surface area (Å²) in [5.74, 6) is -0.815. The molecule has 0 aliphatic heterocycles. The molecule has 7 heteroatoms. The largest absolute Gasteiger partial charge is 0.451 e. The Balaban J connectivity index is 2.26. The van der Waals surface area contributed by atoms with Gasteiger partial charge in [-0.05, 0) is 24.5 Å². The van der Waals surface area contributed by atoms with Gasteiger partial charge in [-0.2, -0.15) is 0 Å². The van der Waals surface area contributed by atoms with Crippen LogP contribution in [0.3, 0.4) is 0 Å². The maximum Gasteiger partial charge on any atom is 0.355 e. The number of hydrogen-bond acceptors (Lipinski definition) is 4. The van der Waals surface area contributed by atoms with Crippen LogP contribution in [0, 0.1) is 5.92 Å². The van der Waals surface area contributed by atoms with Crippen molar-refractivity contribution in [3.8, 4) is 0 Å². The van der Waals surface area contributed by atoms with Gasteiger partial charge in [0.15, 0.2) is 6.61 Å². The first-order valence-electron chi connectivity index (χ1n) is 6.76. The number of esters is 1. The average Bonchev–Trinajstić information content (AvgIpc) is 2.81. The first-order valence-corrected chi connectivity index (χ1v) is 6.76. The van der Waals surface area contributed by atoms with E-state index in [0.717, 1.165) is 6.42 Å². The second-order valence-electron chi connectivity index (χ2n) is 5.07. The Bertz CT molecular complexity index is 508. The van der Waals surface area contributed by atoms with Crippen molar-refractivity contribution >= 4 is 17.9 Å². The summed E-state index contributed by atoms with van der Waals surface area (Å²) in [6.45, 7) is 4.06. The maximum atomic E-state index is 11.6. The molecule has 0 saturated carbocycles. The van der Waals surface area contributed by atoms with Crippen LogP contribution in [0.5, 0.6) is 0 Å². The number of hydrogen-bond donors (Lipinski definition) is 2. The summed E-state index contributed by atoms with van der Waals surface area (Å²) < 4.78 is 6.40. The van der Waals surface area contributed by atoms with Crippen LogP contribution in [0.15, 0.2) is 18.3 Å². The molecule has 7 nitrogen and oxygen atoms in total. The number of nitrogens with one attached hydrogen (secondary N) is 2. The highest BCUT2D eigenvalue weighted by Gasteiger charge is 2.14. The number of nitrogens with zero attached hydrogens (tertiary/aromatic N) is 1. The molecule has 116 valence electrons. The van der Waals surface area contributed by atoms with E-state index in [4.69, 9.17) is 4.74 Å². The van der Waals surface area contributed by atoms with E-state index in [0.29, 0.717) is 18.2 Å². The van der Waals surface area contributed by atoms with Gasteiger partial charge in [0, 0.05) is 19.8 Å². The Labute approximate surface area is 123 Å². The molecule has 1 aromatic heterocycles. The molecule has 0 spiro atoms. The van der Waals surface area contributed by atoms with E-state index in [9.17, 15) is 14.4 Å². The monoisotopic (exact) mass is 295 g/mol. The van der Waals surface area contributed by atoms with Crippen LogP contribution < -0.4 is 10.6 Å². The zero-order valence-corrected chi connectivity index (χ0v) is 12.5. The normalized spacial score (nSPS) is 10.3. The van der Waals surface area contributed by atoms with Crippen LogP contribution in [0.4, 0.5) is 4.79 Å². The number of urea groups is 1. The van der Waals surface area contributed by atoms with Gasteiger partial charge in [0.25, 0.3) is 5.91 Å². The van der Waals surface area contributed by atoms with Crippen LogP contribution in [0.25, 0.3) is 0 Å². The topological polar surface area (TPSA) is 89.4 Å². The fraction of sp³-hybridized carbons (Fsp3) is 0.500. The molecule has 0 saturated heterocycles. The Morgan fingerprint density at radius 2 is 2.05 bits per heavy atom.